The minimum atomic E-state index is -1.73. The molecule has 0 saturated carbocycles. The molecule has 10 heavy (non-hydrogen) atoms. The summed E-state index contributed by atoms with van der Waals surface area (Å²) < 4.78 is 0. The number of nitrogens with two attached hydrogens (primary N) is 1. The highest BCUT2D eigenvalue weighted by atomic mass is 35.5. The van der Waals surface area contributed by atoms with Crippen molar-refractivity contribution in [1.29, 1.82) is 0 Å². The van der Waals surface area contributed by atoms with Gasteiger partial charge in [0.25, 0.3) is 0 Å². The monoisotopic (exact) mass is 157 g/mol. The van der Waals surface area contributed by atoms with Gasteiger partial charge in [0.1, 0.15) is 0 Å². The minimum Gasteiger partial charge on any atom is -0.359 e. The maximum absolute atomic E-state index is 9.03. The van der Waals surface area contributed by atoms with E-state index in [1.807, 2.05) is 6.07 Å². The second-order valence-corrected chi connectivity index (χ2v) is 2.62. The van der Waals surface area contributed by atoms with Crippen LogP contribution in [0.2, 0.25) is 0 Å². The lowest BCUT2D eigenvalue weighted by molar-refractivity contribution is 0.137. The Bertz CT molecular complexity index is 205. The average Bonchev–Trinajstić information content (AvgIpc) is 1.88. The molecule has 0 spiro atoms. The molecule has 0 heterocycles. The van der Waals surface area contributed by atoms with Crippen LogP contribution in [-0.2, 0) is 5.18 Å². The van der Waals surface area contributed by atoms with Gasteiger partial charge in [0.05, 0.1) is 0 Å². The molecule has 1 atom stereocenters. The number of halogens is 1. The standard InChI is InChI=1S/C7H8ClNO/c8-7(9,10)6-4-2-1-3-5-6/h1-5,10H,9H2. The molecule has 0 radical (unpaired) electrons. The van der Waals surface area contributed by atoms with Gasteiger partial charge in [-0.1, -0.05) is 41.9 Å². The first-order valence-corrected chi connectivity index (χ1v) is 3.24. The van der Waals surface area contributed by atoms with Crippen LogP contribution < -0.4 is 5.73 Å². The molecule has 3 N–H and O–H groups in total. The molecule has 0 fully saturated rings. The summed E-state index contributed by atoms with van der Waals surface area (Å²) >= 11 is 5.39. The quantitative estimate of drug-likeness (QED) is 0.363. The first kappa shape index (κ1) is 7.54. The highest BCUT2D eigenvalue weighted by Gasteiger charge is 2.17. The molecular weight excluding hydrogens is 150 g/mol. The van der Waals surface area contributed by atoms with Gasteiger partial charge in [-0.2, -0.15) is 0 Å². The third kappa shape index (κ3) is 1.70. The first-order chi connectivity index (χ1) is 4.61. The van der Waals surface area contributed by atoms with Crippen molar-refractivity contribution in [3.63, 3.8) is 0 Å². The Balaban J connectivity index is 2.97. The van der Waals surface area contributed by atoms with E-state index in [-0.39, 0.29) is 0 Å². The van der Waals surface area contributed by atoms with Crippen LogP contribution in [-0.4, -0.2) is 5.11 Å². The molecule has 0 aliphatic rings. The number of hydrogen-bond acceptors (Lipinski definition) is 2. The summed E-state index contributed by atoms with van der Waals surface area (Å²) in [7, 11) is 0. The summed E-state index contributed by atoms with van der Waals surface area (Å²) in [6.45, 7) is 0. The molecule has 2 nitrogen and oxygen atoms in total. The van der Waals surface area contributed by atoms with Crippen molar-refractivity contribution in [2.24, 2.45) is 5.73 Å². The zero-order valence-corrected chi connectivity index (χ0v) is 6.05. The van der Waals surface area contributed by atoms with Crippen molar-refractivity contribution >= 4 is 11.6 Å². The largest absolute Gasteiger partial charge is 0.359 e. The normalized spacial score (nSPS) is 16.3. The fourth-order valence-corrected chi connectivity index (χ4v) is 0.798. The third-order valence-corrected chi connectivity index (χ3v) is 1.40. The van der Waals surface area contributed by atoms with Crippen LogP contribution in [0.1, 0.15) is 5.56 Å². The van der Waals surface area contributed by atoms with Crippen molar-refractivity contribution in [2.75, 3.05) is 0 Å². The number of aliphatic hydroxyl groups is 1. The highest BCUT2D eigenvalue weighted by Crippen LogP contribution is 2.17. The lowest BCUT2D eigenvalue weighted by Crippen LogP contribution is -2.28. The molecule has 0 aliphatic heterocycles. The third-order valence-electron chi connectivity index (χ3n) is 1.18. The van der Waals surface area contributed by atoms with Gasteiger partial charge >= 0.3 is 0 Å². The molecule has 3 heteroatoms. The van der Waals surface area contributed by atoms with Gasteiger partial charge in [-0.3, -0.25) is 5.73 Å². The Morgan fingerprint density at radius 2 is 1.80 bits per heavy atom. The zero-order chi connectivity index (χ0) is 7.61. The van der Waals surface area contributed by atoms with Crippen molar-refractivity contribution < 1.29 is 5.11 Å². The molecular formula is C7H8ClNO. The first-order valence-electron chi connectivity index (χ1n) is 2.86. The summed E-state index contributed by atoms with van der Waals surface area (Å²) in [4.78, 5) is 0. The Kier molecular flexibility index (Phi) is 1.94. The summed E-state index contributed by atoms with van der Waals surface area (Å²) in [6.07, 6.45) is 0. The van der Waals surface area contributed by atoms with Crippen LogP contribution in [0.3, 0.4) is 0 Å². The molecule has 1 aromatic carbocycles. The summed E-state index contributed by atoms with van der Waals surface area (Å²) in [5.74, 6) is 0. The van der Waals surface area contributed by atoms with Crippen LogP contribution in [0.4, 0.5) is 0 Å². The fourth-order valence-electron chi connectivity index (χ4n) is 0.672. The molecule has 1 aromatic rings. The Labute approximate surface area is 64.2 Å². The molecule has 0 aromatic heterocycles. The van der Waals surface area contributed by atoms with Crippen LogP contribution in [0.15, 0.2) is 30.3 Å². The number of hydrogen-bond donors (Lipinski definition) is 2. The van der Waals surface area contributed by atoms with Crippen LogP contribution in [0.25, 0.3) is 0 Å². The van der Waals surface area contributed by atoms with E-state index in [4.69, 9.17) is 22.4 Å². The molecule has 1 rings (SSSR count). The minimum absolute atomic E-state index is 0.497. The topological polar surface area (TPSA) is 46.2 Å². The maximum Gasteiger partial charge on any atom is 0.218 e. The fraction of sp³-hybridized carbons (Fsp3) is 0.143. The number of rotatable bonds is 1. The average molecular weight is 158 g/mol. The van der Waals surface area contributed by atoms with Gasteiger partial charge in [0.2, 0.25) is 5.18 Å². The van der Waals surface area contributed by atoms with Gasteiger partial charge in [-0.25, -0.2) is 0 Å². The molecule has 0 amide bonds. The van der Waals surface area contributed by atoms with E-state index in [9.17, 15) is 0 Å². The van der Waals surface area contributed by atoms with Crippen molar-refractivity contribution in [2.45, 2.75) is 5.18 Å². The molecule has 0 saturated heterocycles. The van der Waals surface area contributed by atoms with Crippen LogP contribution >= 0.6 is 11.6 Å². The van der Waals surface area contributed by atoms with E-state index in [0.717, 1.165) is 0 Å². The lowest BCUT2D eigenvalue weighted by Gasteiger charge is -2.13. The van der Waals surface area contributed by atoms with Gasteiger partial charge in [0.15, 0.2) is 0 Å². The second-order valence-electron chi connectivity index (χ2n) is 2.04. The molecule has 0 bridgehead atoms. The van der Waals surface area contributed by atoms with Crippen LogP contribution in [0, 0.1) is 0 Å². The summed E-state index contributed by atoms with van der Waals surface area (Å²) in [6, 6.07) is 8.66. The van der Waals surface area contributed by atoms with Crippen molar-refractivity contribution in [1.82, 2.24) is 0 Å². The Morgan fingerprint density at radius 3 is 2.10 bits per heavy atom. The molecule has 0 aliphatic carbocycles. The maximum atomic E-state index is 9.03. The van der Waals surface area contributed by atoms with Gasteiger partial charge in [-0.15, -0.1) is 0 Å². The van der Waals surface area contributed by atoms with E-state index in [1.165, 1.54) is 0 Å². The SMILES string of the molecule is NC(O)(Cl)c1ccccc1. The van der Waals surface area contributed by atoms with Gasteiger partial charge < -0.3 is 5.11 Å². The smallest absolute Gasteiger partial charge is 0.218 e. The van der Waals surface area contributed by atoms with Crippen molar-refractivity contribution in [3.8, 4) is 0 Å². The predicted octanol–water partition coefficient (Wildman–Crippen LogP) is 0.987. The van der Waals surface area contributed by atoms with E-state index in [2.05, 4.69) is 0 Å². The van der Waals surface area contributed by atoms with Crippen molar-refractivity contribution in [3.05, 3.63) is 35.9 Å². The summed E-state index contributed by atoms with van der Waals surface area (Å²) in [5, 5.41) is 7.30. The second kappa shape index (κ2) is 2.58. The van der Waals surface area contributed by atoms with E-state index < -0.39 is 5.18 Å². The Hall–Kier alpha value is -0.570. The zero-order valence-electron chi connectivity index (χ0n) is 5.29. The molecule has 1 unspecified atom stereocenters. The van der Waals surface area contributed by atoms with Crippen LogP contribution in [0.5, 0.6) is 0 Å². The Morgan fingerprint density at radius 1 is 1.30 bits per heavy atom. The highest BCUT2D eigenvalue weighted by molar-refractivity contribution is 6.22. The van der Waals surface area contributed by atoms with E-state index in [1.54, 1.807) is 24.3 Å². The van der Waals surface area contributed by atoms with E-state index >= 15 is 0 Å². The lowest BCUT2D eigenvalue weighted by atomic mass is 10.2. The predicted molar refractivity (Wildman–Crippen MR) is 40.4 cm³/mol. The number of benzene rings is 1. The molecule has 54 valence electrons. The number of alkyl halides is 1. The van der Waals surface area contributed by atoms with E-state index in [0.29, 0.717) is 5.56 Å². The summed E-state index contributed by atoms with van der Waals surface area (Å²) in [5.41, 5.74) is 5.67. The van der Waals surface area contributed by atoms with Gasteiger partial charge in [-0.05, 0) is 0 Å². The van der Waals surface area contributed by atoms with Gasteiger partial charge in [0, 0.05) is 5.56 Å².